The fraction of sp³-hybridized carbons (Fsp3) is 0.0909. The van der Waals surface area contributed by atoms with Gasteiger partial charge in [0.15, 0.2) is 5.17 Å². The van der Waals surface area contributed by atoms with Crippen LogP contribution in [0.1, 0.15) is 22.3 Å². The zero-order valence-corrected chi connectivity index (χ0v) is 23.8. The van der Waals surface area contributed by atoms with Gasteiger partial charge in [0.25, 0.3) is 5.91 Å². The van der Waals surface area contributed by atoms with Crippen molar-refractivity contribution in [3.05, 3.63) is 147 Å². The lowest BCUT2D eigenvalue weighted by atomic mass is 10.1. The first kappa shape index (κ1) is 26.5. The van der Waals surface area contributed by atoms with Gasteiger partial charge in [-0.2, -0.15) is 0 Å². The zero-order chi connectivity index (χ0) is 27.5. The third-order valence-electron chi connectivity index (χ3n) is 6.77. The van der Waals surface area contributed by atoms with E-state index in [4.69, 9.17) is 28.2 Å². The van der Waals surface area contributed by atoms with Gasteiger partial charge in [-0.3, -0.25) is 14.7 Å². The van der Waals surface area contributed by atoms with Crippen molar-refractivity contribution in [3.63, 3.8) is 0 Å². The summed E-state index contributed by atoms with van der Waals surface area (Å²) in [4.78, 5) is 21.1. The molecule has 40 heavy (non-hydrogen) atoms. The fourth-order valence-electron chi connectivity index (χ4n) is 4.77. The smallest absolute Gasteiger partial charge is 0.267 e. The summed E-state index contributed by atoms with van der Waals surface area (Å²) >= 11 is 14.0. The summed E-state index contributed by atoms with van der Waals surface area (Å²) in [5.41, 5.74) is 5.17. The molecule has 4 aromatic carbocycles. The van der Waals surface area contributed by atoms with E-state index in [1.807, 2.05) is 91.0 Å². The predicted molar refractivity (Wildman–Crippen MR) is 168 cm³/mol. The molecule has 0 N–H and O–H groups in total. The predicted octanol–water partition coefficient (Wildman–Crippen LogP) is 8.67. The number of amides is 1. The molecule has 0 aliphatic carbocycles. The SMILES string of the molecule is O=C1/C(=C\c2cn(Cc3ccc(Cl)cc3Cl)c3ccccc23)SC(=NCc2ccccc2)N1Cc1ccccc1. The minimum absolute atomic E-state index is 0.0433. The van der Waals surface area contributed by atoms with Crippen molar-refractivity contribution in [3.8, 4) is 0 Å². The summed E-state index contributed by atoms with van der Waals surface area (Å²) in [6.07, 6.45) is 4.06. The number of hydrogen-bond acceptors (Lipinski definition) is 3. The average molecular weight is 583 g/mol. The largest absolute Gasteiger partial charge is 0.342 e. The molecule has 6 rings (SSSR count). The molecule has 0 spiro atoms. The Hall–Kier alpha value is -3.77. The van der Waals surface area contributed by atoms with Crippen LogP contribution in [0, 0.1) is 0 Å². The molecule has 1 amide bonds. The topological polar surface area (TPSA) is 37.6 Å². The monoisotopic (exact) mass is 581 g/mol. The van der Waals surface area contributed by atoms with E-state index in [2.05, 4.69) is 22.9 Å². The Kier molecular flexibility index (Phi) is 7.78. The highest BCUT2D eigenvalue weighted by atomic mass is 35.5. The van der Waals surface area contributed by atoms with Crippen LogP contribution in [0.15, 0.2) is 119 Å². The number of nitrogens with zero attached hydrogens (tertiary/aromatic N) is 3. The van der Waals surface area contributed by atoms with Gasteiger partial charge in [0, 0.05) is 39.3 Å². The van der Waals surface area contributed by atoms with Crippen molar-refractivity contribution < 1.29 is 4.79 Å². The Balaban J connectivity index is 1.35. The van der Waals surface area contributed by atoms with Gasteiger partial charge in [-0.15, -0.1) is 0 Å². The van der Waals surface area contributed by atoms with E-state index >= 15 is 0 Å². The zero-order valence-electron chi connectivity index (χ0n) is 21.5. The number of aromatic nitrogens is 1. The number of hydrogen-bond donors (Lipinski definition) is 0. The maximum atomic E-state index is 13.8. The number of fused-ring (bicyclic) bond motifs is 1. The van der Waals surface area contributed by atoms with Crippen LogP contribution in [-0.2, 0) is 24.4 Å². The first-order valence-corrected chi connectivity index (χ1v) is 14.5. The summed E-state index contributed by atoms with van der Waals surface area (Å²) < 4.78 is 2.16. The lowest BCUT2D eigenvalue weighted by molar-refractivity contribution is -0.122. The Bertz CT molecular complexity index is 1750. The molecule has 1 aromatic heterocycles. The second-order valence-corrected chi connectivity index (χ2v) is 11.4. The highest BCUT2D eigenvalue weighted by Crippen LogP contribution is 2.36. The minimum Gasteiger partial charge on any atom is -0.342 e. The third-order valence-corrected chi connectivity index (χ3v) is 8.40. The lowest BCUT2D eigenvalue weighted by Gasteiger charge is -2.15. The van der Waals surface area contributed by atoms with Crippen LogP contribution in [0.4, 0.5) is 0 Å². The van der Waals surface area contributed by atoms with E-state index in [1.165, 1.54) is 11.8 Å². The molecule has 2 heterocycles. The second kappa shape index (κ2) is 11.8. The Morgan fingerprint density at radius 1 is 0.800 bits per heavy atom. The number of rotatable bonds is 7. The third kappa shape index (κ3) is 5.73. The summed E-state index contributed by atoms with van der Waals surface area (Å²) in [6, 6.07) is 33.9. The Labute approximate surface area is 247 Å². The molecule has 7 heteroatoms. The van der Waals surface area contributed by atoms with Crippen molar-refractivity contribution in [2.45, 2.75) is 19.6 Å². The molecule has 1 aliphatic rings. The Morgan fingerprint density at radius 3 is 2.25 bits per heavy atom. The van der Waals surface area contributed by atoms with E-state index in [-0.39, 0.29) is 5.91 Å². The van der Waals surface area contributed by atoms with Crippen LogP contribution in [0.25, 0.3) is 17.0 Å². The fourth-order valence-corrected chi connectivity index (χ4v) is 6.20. The molecule has 5 aromatic rings. The highest BCUT2D eigenvalue weighted by molar-refractivity contribution is 8.18. The molecule has 1 aliphatic heterocycles. The molecule has 198 valence electrons. The van der Waals surface area contributed by atoms with Crippen LogP contribution in [0.2, 0.25) is 10.0 Å². The van der Waals surface area contributed by atoms with E-state index in [9.17, 15) is 4.79 Å². The maximum Gasteiger partial charge on any atom is 0.267 e. The number of amidine groups is 1. The first-order chi connectivity index (χ1) is 19.5. The number of carbonyl (C=O) groups excluding carboxylic acids is 1. The van der Waals surface area contributed by atoms with Crippen LogP contribution in [-0.4, -0.2) is 20.5 Å². The van der Waals surface area contributed by atoms with Crippen LogP contribution in [0.3, 0.4) is 0 Å². The number of thioether (sulfide) groups is 1. The molecule has 1 fully saturated rings. The second-order valence-electron chi connectivity index (χ2n) is 9.54. The summed E-state index contributed by atoms with van der Waals surface area (Å²) in [5.74, 6) is -0.0433. The molecule has 0 saturated carbocycles. The van der Waals surface area contributed by atoms with Crippen molar-refractivity contribution in [2.24, 2.45) is 4.99 Å². The van der Waals surface area contributed by atoms with Gasteiger partial charge in [0.1, 0.15) is 0 Å². The molecule has 0 bridgehead atoms. The molecule has 0 atom stereocenters. The van der Waals surface area contributed by atoms with Gasteiger partial charge < -0.3 is 4.57 Å². The quantitative estimate of drug-likeness (QED) is 0.180. The summed E-state index contributed by atoms with van der Waals surface area (Å²) in [7, 11) is 0. The van der Waals surface area contributed by atoms with E-state index < -0.39 is 0 Å². The normalized spacial score (nSPS) is 15.6. The van der Waals surface area contributed by atoms with Gasteiger partial charge in [0.2, 0.25) is 0 Å². The lowest BCUT2D eigenvalue weighted by Crippen LogP contribution is -2.28. The number of benzene rings is 4. The van der Waals surface area contributed by atoms with E-state index in [0.29, 0.717) is 39.8 Å². The molecule has 1 saturated heterocycles. The highest BCUT2D eigenvalue weighted by Gasteiger charge is 2.33. The summed E-state index contributed by atoms with van der Waals surface area (Å²) in [5, 5.41) is 3.01. The Morgan fingerprint density at radius 2 is 1.50 bits per heavy atom. The van der Waals surface area contributed by atoms with Crippen molar-refractivity contribution in [2.75, 3.05) is 0 Å². The molecule has 4 nitrogen and oxygen atoms in total. The minimum atomic E-state index is -0.0433. The molecule has 0 unspecified atom stereocenters. The van der Waals surface area contributed by atoms with Crippen molar-refractivity contribution in [1.82, 2.24) is 9.47 Å². The van der Waals surface area contributed by atoms with Gasteiger partial charge in [-0.25, -0.2) is 0 Å². The standard InChI is InChI=1S/C33H25Cl2N3OS/c34-27-16-15-25(29(35)18-27)21-37-22-26(28-13-7-8-14-30(28)37)17-31-32(39)38(20-24-11-5-2-6-12-24)33(40-31)36-19-23-9-3-1-4-10-23/h1-18,22H,19-21H2/b31-17+,36-33?. The van der Waals surface area contributed by atoms with Gasteiger partial charge in [0.05, 0.1) is 18.0 Å². The molecular formula is C33H25Cl2N3OS. The van der Waals surface area contributed by atoms with Gasteiger partial charge in [-0.1, -0.05) is 108 Å². The molecule has 0 radical (unpaired) electrons. The maximum absolute atomic E-state index is 13.8. The number of aliphatic imine (C=N–C) groups is 1. The van der Waals surface area contributed by atoms with Gasteiger partial charge in [-0.05, 0) is 52.7 Å². The number of para-hydroxylation sites is 1. The number of carbonyl (C=O) groups is 1. The van der Waals surface area contributed by atoms with Crippen LogP contribution in [0.5, 0.6) is 0 Å². The number of halogens is 2. The summed E-state index contributed by atoms with van der Waals surface area (Å²) in [6.45, 7) is 1.56. The van der Waals surface area contributed by atoms with Gasteiger partial charge >= 0.3 is 0 Å². The van der Waals surface area contributed by atoms with E-state index in [1.54, 1.807) is 11.0 Å². The van der Waals surface area contributed by atoms with E-state index in [0.717, 1.165) is 33.2 Å². The average Bonchev–Trinajstić information content (AvgIpc) is 3.47. The van der Waals surface area contributed by atoms with Crippen molar-refractivity contribution in [1.29, 1.82) is 0 Å². The molecular weight excluding hydrogens is 557 g/mol. The van der Waals surface area contributed by atoms with Crippen molar-refractivity contribution >= 4 is 63.0 Å². The van der Waals surface area contributed by atoms with Crippen LogP contribution < -0.4 is 0 Å². The first-order valence-electron chi connectivity index (χ1n) is 12.9. The van der Waals surface area contributed by atoms with Crippen LogP contribution >= 0.6 is 35.0 Å².